The summed E-state index contributed by atoms with van der Waals surface area (Å²) in [4.78, 5) is 54.8. The molecule has 10 heteroatoms. The van der Waals surface area contributed by atoms with Gasteiger partial charge in [0.05, 0.1) is 21.9 Å². The summed E-state index contributed by atoms with van der Waals surface area (Å²) in [7, 11) is 0. The number of pyridine rings is 1. The van der Waals surface area contributed by atoms with Gasteiger partial charge in [-0.2, -0.15) is 0 Å². The number of carbonyl (C=O) groups excluding carboxylic acids is 2. The van der Waals surface area contributed by atoms with E-state index in [1.54, 1.807) is 70.5 Å². The fourth-order valence-electron chi connectivity index (χ4n) is 4.57. The lowest BCUT2D eigenvalue weighted by molar-refractivity contribution is -0.385. The fraction of sp³-hybridized carbons (Fsp3) is 0.192. The molecule has 4 aromatic rings. The Bertz CT molecular complexity index is 1510. The lowest BCUT2D eigenvalue weighted by Crippen LogP contribution is -2.49. The van der Waals surface area contributed by atoms with Gasteiger partial charge in [0.1, 0.15) is 5.69 Å². The first kappa shape index (κ1) is 23.4. The summed E-state index contributed by atoms with van der Waals surface area (Å²) in [6, 6.07) is 19.0. The first-order chi connectivity index (χ1) is 17.5. The van der Waals surface area contributed by atoms with E-state index in [2.05, 4.69) is 0 Å². The molecule has 2 aromatic carbocycles. The quantitative estimate of drug-likeness (QED) is 0.226. The van der Waals surface area contributed by atoms with E-state index in [1.807, 2.05) is 11.4 Å². The lowest BCUT2D eigenvalue weighted by atomic mass is 10.1. The topological polar surface area (TPSA) is 106 Å². The van der Waals surface area contributed by atoms with Crippen molar-refractivity contribution in [2.24, 2.45) is 0 Å². The zero-order valence-electron chi connectivity index (χ0n) is 19.2. The van der Waals surface area contributed by atoms with Crippen molar-refractivity contribution in [3.63, 3.8) is 0 Å². The van der Waals surface area contributed by atoms with Gasteiger partial charge in [0, 0.05) is 37.1 Å². The van der Waals surface area contributed by atoms with E-state index in [9.17, 15) is 24.5 Å². The summed E-state index contributed by atoms with van der Waals surface area (Å²) < 4.78 is 1.18. The number of ketones is 1. The van der Waals surface area contributed by atoms with E-state index in [0.717, 1.165) is 0 Å². The summed E-state index contributed by atoms with van der Waals surface area (Å²) in [5, 5.41) is 14.5. The Morgan fingerprint density at radius 3 is 2.28 bits per heavy atom. The highest BCUT2D eigenvalue weighted by Crippen LogP contribution is 2.34. The van der Waals surface area contributed by atoms with Gasteiger partial charge in [-0.1, -0.05) is 54.6 Å². The Kier molecular flexibility index (Phi) is 6.34. The monoisotopic (exact) mass is 502 g/mol. The molecule has 5 rings (SSSR count). The number of piperazine rings is 1. The van der Waals surface area contributed by atoms with Gasteiger partial charge >= 0.3 is 11.2 Å². The molecule has 0 N–H and O–H groups in total. The lowest BCUT2D eigenvalue weighted by Gasteiger charge is -2.36. The van der Waals surface area contributed by atoms with Crippen molar-refractivity contribution in [2.45, 2.75) is 6.54 Å². The van der Waals surface area contributed by atoms with Crippen LogP contribution < -0.4 is 10.5 Å². The molecule has 0 spiro atoms. The van der Waals surface area contributed by atoms with Crippen LogP contribution >= 0.6 is 11.3 Å². The molecule has 1 saturated heterocycles. The third-order valence-corrected chi connectivity index (χ3v) is 7.17. The van der Waals surface area contributed by atoms with Crippen LogP contribution in [0, 0.1) is 10.1 Å². The number of para-hydroxylation sites is 1. The van der Waals surface area contributed by atoms with Crippen molar-refractivity contribution in [1.29, 1.82) is 0 Å². The van der Waals surface area contributed by atoms with Gasteiger partial charge < -0.3 is 9.80 Å². The number of hydrogen-bond acceptors (Lipinski definition) is 7. The van der Waals surface area contributed by atoms with Crippen molar-refractivity contribution in [2.75, 3.05) is 31.1 Å². The van der Waals surface area contributed by atoms with Gasteiger partial charge in [-0.25, -0.2) is 0 Å². The molecule has 9 nitrogen and oxygen atoms in total. The number of fused-ring (bicyclic) bond motifs is 1. The van der Waals surface area contributed by atoms with E-state index in [1.165, 1.54) is 15.9 Å². The average Bonchev–Trinajstić information content (AvgIpc) is 3.45. The summed E-state index contributed by atoms with van der Waals surface area (Å²) >= 11 is 1.37. The molecule has 0 unspecified atom stereocenters. The molecule has 1 amide bonds. The molecule has 36 heavy (non-hydrogen) atoms. The maximum atomic E-state index is 13.5. The highest BCUT2D eigenvalue weighted by molar-refractivity contribution is 7.12. The predicted molar refractivity (Wildman–Crippen MR) is 138 cm³/mol. The molecule has 1 aliphatic rings. The van der Waals surface area contributed by atoms with Crippen molar-refractivity contribution < 1.29 is 14.5 Å². The standard InChI is InChI=1S/C26H22N4O5S/c31-21(18-7-2-1-3-8-18)17-29-20-10-5-4-9-19(20)23(24(26(29)33)30(34)35)27-12-14-28(15-13-27)25(32)22-11-6-16-36-22/h1-11,16H,12-15,17H2. The number of hydrogen-bond donors (Lipinski definition) is 0. The van der Waals surface area contributed by atoms with Crippen molar-refractivity contribution >= 4 is 45.3 Å². The van der Waals surface area contributed by atoms with Crippen LogP contribution in [0.5, 0.6) is 0 Å². The average molecular weight is 503 g/mol. The molecular formula is C26H22N4O5S. The molecule has 2 aromatic heterocycles. The van der Waals surface area contributed by atoms with E-state index >= 15 is 0 Å². The van der Waals surface area contributed by atoms with Crippen LogP contribution in [-0.4, -0.2) is 52.3 Å². The second-order valence-corrected chi connectivity index (χ2v) is 9.36. The highest BCUT2D eigenvalue weighted by atomic mass is 32.1. The minimum atomic E-state index is -0.824. The molecule has 3 heterocycles. The number of nitrogens with zero attached hydrogens (tertiary/aromatic N) is 4. The molecule has 0 bridgehead atoms. The van der Waals surface area contributed by atoms with Crippen LogP contribution in [0.2, 0.25) is 0 Å². The molecule has 0 radical (unpaired) electrons. The summed E-state index contributed by atoms with van der Waals surface area (Å²) in [6.07, 6.45) is 0. The predicted octanol–water partition coefficient (Wildman–Crippen LogP) is 3.82. The largest absolute Gasteiger partial charge is 0.362 e. The number of Topliss-reactive ketones (excluding diaryl/α,β-unsaturated/α-hetero) is 1. The maximum Gasteiger partial charge on any atom is 0.357 e. The van der Waals surface area contributed by atoms with Crippen LogP contribution in [0.3, 0.4) is 0 Å². The highest BCUT2D eigenvalue weighted by Gasteiger charge is 2.32. The second kappa shape index (κ2) is 9.74. The first-order valence-corrected chi connectivity index (χ1v) is 12.3. The Morgan fingerprint density at radius 1 is 0.917 bits per heavy atom. The number of aromatic nitrogens is 1. The van der Waals surface area contributed by atoms with Crippen molar-refractivity contribution in [1.82, 2.24) is 9.47 Å². The smallest absolute Gasteiger partial charge is 0.357 e. The summed E-state index contributed by atoms with van der Waals surface area (Å²) in [5.41, 5.74) is -0.286. The van der Waals surface area contributed by atoms with E-state index in [-0.39, 0.29) is 23.9 Å². The molecule has 0 aliphatic carbocycles. The Balaban J connectivity index is 1.53. The van der Waals surface area contributed by atoms with Crippen LogP contribution in [0.4, 0.5) is 11.4 Å². The van der Waals surface area contributed by atoms with Gasteiger partial charge in [-0.3, -0.25) is 29.1 Å². The zero-order valence-corrected chi connectivity index (χ0v) is 20.0. The minimum Gasteiger partial charge on any atom is -0.362 e. The fourth-order valence-corrected chi connectivity index (χ4v) is 5.26. The van der Waals surface area contributed by atoms with Crippen LogP contribution in [0.15, 0.2) is 76.9 Å². The number of benzene rings is 2. The molecule has 0 atom stereocenters. The molecule has 1 fully saturated rings. The van der Waals surface area contributed by atoms with Gasteiger partial charge in [-0.05, 0) is 17.5 Å². The van der Waals surface area contributed by atoms with Crippen LogP contribution in [-0.2, 0) is 6.54 Å². The second-order valence-electron chi connectivity index (χ2n) is 8.41. The third-order valence-electron chi connectivity index (χ3n) is 6.32. The summed E-state index contributed by atoms with van der Waals surface area (Å²) in [5.74, 6) is -0.385. The van der Waals surface area contributed by atoms with Gasteiger partial charge in [0.25, 0.3) is 5.91 Å². The number of rotatable bonds is 6. The number of nitro groups is 1. The third kappa shape index (κ3) is 4.27. The summed E-state index contributed by atoms with van der Waals surface area (Å²) in [6.45, 7) is 1.12. The molecule has 0 saturated carbocycles. The maximum absolute atomic E-state index is 13.5. The van der Waals surface area contributed by atoms with E-state index in [0.29, 0.717) is 47.5 Å². The number of amides is 1. The number of anilines is 1. The normalized spacial score (nSPS) is 13.7. The molecule has 1 aliphatic heterocycles. The first-order valence-electron chi connectivity index (χ1n) is 11.4. The SMILES string of the molecule is O=C(Cn1c(=O)c([N+](=O)[O-])c(N2CCN(C(=O)c3cccs3)CC2)c2ccccc21)c1ccccc1. The van der Waals surface area contributed by atoms with Gasteiger partial charge in [0.15, 0.2) is 5.78 Å². The Morgan fingerprint density at radius 2 is 1.61 bits per heavy atom. The van der Waals surface area contributed by atoms with E-state index in [4.69, 9.17) is 0 Å². The molecular weight excluding hydrogens is 480 g/mol. The number of carbonyl (C=O) groups is 2. The number of thiophene rings is 1. The van der Waals surface area contributed by atoms with Crippen LogP contribution in [0.25, 0.3) is 10.9 Å². The van der Waals surface area contributed by atoms with Gasteiger partial charge in [-0.15, -0.1) is 11.3 Å². The Labute approximate surface area is 210 Å². The Hall–Kier alpha value is -4.31. The van der Waals surface area contributed by atoms with Gasteiger partial charge in [0.2, 0.25) is 0 Å². The molecule has 182 valence electrons. The zero-order chi connectivity index (χ0) is 25.2. The minimum absolute atomic E-state index is 0.0705. The van der Waals surface area contributed by atoms with Crippen LogP contribution in [0.1, 0.15) is 20.0 Å². The van der Waals surface area contributed by atoms with Crippen molar-refractivity contribution in [3.05, 3.63) is 103 Å². The van der Waals surface area contributed by atoms with E-state index < -0.39 is 16.2 Å². The van der Waals surface area contributed by atoms with Crippen molar-refractivity contribution in [3.8, 4) is 0 Å².